The topological polar surface area (TPSA) is 96.0 Å². The summed E-state index contributed by atoms with van der Waals surface area (Å²) in [5, 5.41) is 8.18. The molecule has 0 saturated carbocycles. The van der Waals surface area contributed by atoms with E-state index in [1.165, 1.54) is 19.1 Å². The molecule has 0 spiro atoms. The average Bonchev–Trinajstić information content (AvgIpc) is 2.65. The van der Waals surface area contributed by atoms with Crippen molar-refractivity contribution >= 4 is 34.7 Å². The van der Waals surface area contributed by atoms with Gasteiger partial charge in [-0.2, -0.15) is 0 Å². The van der Waals surface area contributed by atoms with Crippen molar-refractivity contribution in [2.24, 2.45) is 0 Å². The van der Waals surface area contributed by atoms with Gasteiger partial charge in [0.15, 0.2) is 11.6 Å². The van der Waals surface area contributed by atoms with Crippen molar-refractivity contribution in [3.05, 3.63) is 71.7 Å². The molecule has 3 N–H and O–H groups in total. The molecule has 1 heterocycles. The second-order valence-corrected chi connectivity index (χ2v) is 6.15. The summed E-state index contributed by atoms with van der Waals surface area (Å²) >= 11 is 0. The zero-order valence-corrected chi connectivity index (χ0v) is 15.6. The number of aromatic nitrogens is 2. The van der Waals surface area contributed by atoms with Gasteiger partial charge in [0, 0.05) is 36.1 Å². The van der Waals surface area contributed by atoms with Crippen LogP contribution in [0.4, 0.5) is 31.7 Å². The molecule has 0 aliphatic heterocycles. The molecule has 0 aliphatic rings. The largest absolute Gasteiger partial charge is 0.340 e. The zero-order chi connectivity index (χ0) is 21.0. The first-order valence-electron chi connectivity index (χ1n) is 8.57. The van der Waals surface area contributed by atoms with Crippen molar-refractivity contribution in [2.45, 2.75) is 13.8 Å². The SMILES string of the molecule is CC(=O)Nc1ccc(Nc2cc(C(=O)Nc3ccc(F)c(F)c3)nc(C)n2)cc1. The third-order valence-electron chi connectivity index (χ3n) is 3.73. The van der Waals surface area contributed by atoms with Crippen molar-refractivity contribution in [1.82, 2.24) is 9.97 Å². The molecule has 9 heteroatoms. The highest BCUT2D eigenvalue weighted by atomic mass is 19.2. The Morgan fingerprint density at radius 3 is 2.14 bits per heavy atom. The van der Waals surface area contributed by atoms with Crippen molar-refractivity contribution < 1.29 is 18.4 Å². The predicted octanol–water partition coefficient (Wildman–Crippen LogP) is 4.02. The summed E-state index contributed by atoms with van der Waals surface area (Å²) < 4.78 is 26.3. The van der Waals surface area contributed by atoms with Crippen molar-refractivity contribution in [1.29, 1.82) is 0 Å². The molecule has 2 amide bonds. The Balaban J connectivity index is 1.75. The van der Waals surface area contributed by atoms with Gasteiger partial charge in [-0.1, -0.05) is 0 Å². The maximum absolute atomic E-state index is 13.3. The van der Waals surface area contributed by atoms with Gasteiger partial charge in [-0.15, -0.1) is 0 Å². The number of halogens is 2. The summed E-state index contributed by atoms with van der Waals surface area (Å²) in [5.41, 5.74) is 1.49. The number of hydrogen-bond acceptors (Lipinski definition) is 5. The molecule has 0 aliphatic carbocycles. The van der Waals surface area contributed by atoms with Gasteiger partial charge in [-0.25, -0.2) is 18.7 Å². The first-order chi connectivity index (χ1) is 13.8. The lowest BCUT2D eigenvalue weighted by Gasteiger charge is -2.10. The van der Waals surface area contributed by atoms with Crippen LogP contribution in [-0.2, 0) is 4.79 Å². The number of carbonyl (C=O) groups is 2. The molecule has 29 heavy (non-hydrogen) atoms. The minimum atomic E-state index is -1.06. The normalized spacial score (nSPS) is 10.3. The molecule has 0 unspecified atom stereocenters. The molecular formula is C20H17F2N5O2. The number of benzene rings is 2. The molecule has 0 radical (unpaired) electrons. The first-order valence-corrected chi connectivity index (χ1v) is 8.57. The summed E-state index contributed by atoms with van der Waals surface area (Å²) in [6.45, 7) is 3.04. The summed E-state index contributed by atoms with van der Waals surface area (Å²) in [6, 6.07) is 11.4. The van der Waals surface area contributed by atoms with Crippen LogP contribution in [0, 0.1) is 18.6 Å². The van der Waals surface area contributed by atoms with E-state index >= 15 is 0 Å². The molecule has 3 aromatic rings. The number of hydrogen-bond donors (Lipinski definition) is 3. The van der Waals surface area contributed by atoms with Crippen LogP contribution in [0.25, 0.3) is 0 Å². The molecule has 0 bridgehead atoms. The lowest BCUT2D eigenvalue weighted by Crippen LogP contribution is -2.15. The molecule has 2 aromatic carbocycles. The molecule has 7 nitrogen and oxygen atoms in total. The number of anilines is 4. The Labute approximate surface area is 165 Å². The molecule has 0 fully saturated rings. The third kappa shape index (κ3) is 5.32. The Hall–Kier alpha value is -3.88. The van der Waals surface area contributed by atoms with Gasteiger partial charge >= 0.3 is 0 Å². The Morgan fingerprint density at radius 2 is 1.48 bits per heavy atom. The van der Waals surface area contributed by atoms with E-state index in [-0.39, 0.29) is 17.3 Å². The van der Waals surface area contributed by atoms with Crippen LogP contribution in [0.1, 0.15) is 23.2 Å². The fourth-order valence-electron chi connectivity index (χ4n) is 2.51. The second kappa shape index (κ2) is 8.42. The number of amides is 2. The molecule has 0 saturated heterocycles. The number of carbonyl (C=O) groups excluding carboxylic acids is 2. The van der Waals surface area contributed by atoms with E-state index in [1.54, 1.807) is 31.2 Å². The lowest BCUT2D eigenvalue weighted by atomic mass is 10.2. The van der Waals surface area contributed by atoms with Crippen LogP contribution >= 0.6 is 0 Å². The molecule has 1 aromatic heterocycles. The summed E-state index contributed by atoms with van der Waals surface area (Å²) in [7, 11) is 0. The van der Waals surface area contributed by atoms with E-state index in [4.69, 9.17) is 0 Å². The highest BCUT2D eigenvalue weighted by Gasteiger charge is 2.12. The van der Waals surface area contributed by atoms with Crippen LogP contribution in [0.15, 0.2) is 48.5 Å². The van der Waals surface area contributed by atoms with Crippen LogP contribution in [0.5, 0.6) is 0 Å². The minimum Gasteiger partial charge on any atom is -0.340 e. The van der Waals surface area contributed by atoms with Gasteiger partial charge in [0.05, 0.1) is 0 Å². The van der Waals surface area contributed by atoms with Crippen molar-refractivity contribution in [2.75, 3.05) is 16.0 Å². The number of rotatable bonds is 5. The van der Waals surface area contributed by atoms with E-state index in [9.17, 15) is 18.4 Å². The van der Waals surface area contributed by atoms with Crippen LogP contribution in [-0.4, -0.2) is 21.8 Å². The summed E-state index contributed by atoms with van der Waals surface area (Å²) in [6.07, 6.45) is 0. The van der Waals surface area contributed by atoms with Crippen LogP contribution < -0.4 is 16.0 Å². The average molecular weight is 397 g/mol. The minimum absolute atomic E-state index is 0.0552. The predicted molar refractivity (Wildman–Crippen MR) is 105 cm³/mol. The molecular weight excluding hydrogens is 380 g/mol. The highest BCUT2D eigenvalue weighted by molar-refractivity contribution is 6.03. The van der Waals surface area contributed by atoms with Crippen molar-refractivity contribution in [3.8, 4) is 0 Å². The van der Waals surface area contributed by atoms with E-state index in [0.29, 0.717) is 23.0 Å². The molecule has 3 rings (SSSR count). The van der Waals surface area contributed by atoms with Gasteiger partial charge in [0.2, 0.25) is 5.91 Å². The fraction of sp³-hybridized carbons (Fsp3) is 0.100. The number of aryl methyl sites for hydroxylation is 1. The Kier molecular flexibility index (Phi) is 5.77. The van der Waals surface area contributed by atoms with E-state index < -0.39 is 17.5 Å². The Bertz CT molecular complexity index is 1070. The summed E-state index contributed by atoms with van der Waals surface area (Å²) in [5.74, 6) is -2.11. The zero-order valence-electron chi connectivity index (χ0n) is 15.6. The van der Waals surface area contributed by atoms with E-state index in [1.807, 2.05) is 0 Å². The van der Waals surface area contributed by atoms with Gasteiger partial charge in [-0.05, 0) is 43.3 Å². The lowest BCUT2D eigenvalue weighted by molar-refractivity contribution is -0.114. The van der Waals surface area contributed by atoms with Gasteiger partial charge in [-0.3, -0.25) is 9.59 Å². The molecule has 148 valence electrons. The quantitative estimate of drug-likeness (QED) is 0.604. The second-order valence-electron chi connectivity index (χ2n) is 6.15. The maximum atomic E-state index is 13.3. The first kappa shape index (κ1) is 19.9. The summed E-state index contributed by atoms with van der Waals surface area (Å²) in [4.78, 5) is 31.8. The standard InChI is InChI=1S/C20H17F2N5O2/c1-11-23-18(20(29)27-15-7-8-16(21)17(22)9-15)10-19(24-11)26-14-5-3-13(4-6-14)25-12(2)28/h3-10H,1-2H3,(H,25,28)(H,27,29)(H,23,24,26). The maximum Gasteiger partial charge on any atom is 0.274 e. The van der Waals surface area contributed by atoms with Crippen molar-refractivity contribution in [3.63, 3.8) is 0 Å². The fourth-order valence-corrected chi connectivity index (χ4v) is 2.51. The number of nitrogens with zero attached hydrogens (tertiary/aromatic N) is 2. The Morgan fingerprint density at radius 1 is 0.828 bits per heavy atom. The van der Waals surface area contributed by atoms with Crippen LogP contribution in [0.2, 0.25) is 0 Å². The number of nitrogens with one attached hydrogen (secondary N) is 3. The molecule has 0 atom stereocenters. The van der Waals surface area contributed by atoms with Gasteiger partial charge in [0.25, 0.3) is 5.91 Å². The van der Waals surface area contributed by atoms with Gasteiger partial charge < -0.3 is 16.0 Å². The third-order valence-corrected chi connectivity index (χ3v) is 3.73. The monoisotopic (exact) mass is 397 g/mol. The van der Waals surface area contributed by atoms with E-state index in [0.717, 1.165) is 12.1 Å². The smallest absolute Gasteiger partial charge is 0.274 e. The van der Waals surface area contributed by atoms with Crippen LogP contribution in [0.3, 0.4) is 0 Å². The van der Waals surface area contributed by atoms with E-state index in [2.05, 4.69) is 25.9 Å². The van der Waals surface area contributed by atoms with Gasteiger partial charge in [0.1, 0.15) is 17.3 Å². The highest BCUT2D eigenvalue weighted by Crippen LogP contribution is 2.19.